The summed E-state index contributed by atoms with van der Waals surface area (Å²) in [5, 5.41) is 6.24. The van der Waals surface area contributed by atoms with Crippen molar-refractivity contribution in [3.05, 3.63) is 0 Å². The Morgan fingerprint density at radius 2 is 1.90 bits per heavy atom. The highest BCUT2D eigenvalue weighted by molar-refractivity contribution is 6.08. The number of alkyl halides is 3. The molecule has 0 aromatic carbocycles. The van der Waals surface area contributed by atoms with E-state index >= 15 is 0 Å². The lowest BCUT2D eigenvalue weighted by molar-refractivity contribution is -0.0596. The van der Waals surface area contributed by atoms with E-state index in [0.717, 1.165) is 0 Å². The Hall–Kier alpha value is -0.870. The molecular weight excluding hydrogens is 145 g/mol. The van der Waals surface area contributed by atoms with Crippen molar-refractivity contribution in [2.75, 3.05) is 0 Å². The van der Waals surface area contributed by atoms with Gasteiger partial charge in [0.2, 0.25) is 0 Å². The standard InChI is InChI=1S/C5H5F3N2/c1-3-2-4(10-9-3)5(6,7)8/h2H2,1H3. The zero-order valence-corrected chi connectivity index (χ0v) is 5.24. The first-order valence-corrected chi connectivity index (χ1v) is 2.67. The van der Waals surface area contributed by atoms with Crippen molar-refractivity contribution in [3.8, 4) is 0 Å². The first kappa shape index (κ1) is 7.24. The van der Waals surface area contributed by atoms with E-state index in [0.29, 0.717) is 5.71 Å². The summed E-state index contributed by atoms with van der Waals surface area (Å²) in [6.45, 7) is 1.52. The molecule has 1 rings (SSSR count). The van der Waals surface area contributed by atoms with E-state index in [1.54, 1.807) is 0 Å². The minimum Gasteiger partial charge on any atom is -0.165 e. The van der Waals surface area contributed by atoms with E-state index in [-0.39, 0.29) is 6.42 Å². The van der Waals surface area contributed by atoms with Gasteiger partial charge in [0, 0.05) is 12.1 Å². The maximum absolute atomic E-state index is 11.7. The van der Waals surface area contributed by atoms with Gasteiger partial charge in [0.05, 0.1) is 0 Å². The van der Waals surface area contributed by atoms with Crippen LogP contribution in [0.1, 0.15) is 13.3 Å². The molecule has 1 heterocycles. The van der Waals surface area contributed by atoms with Crippen LogP contribution in [0.5, 0.6) is 0 Å². The Morgan fingerprint density at radius 1 is 1.30 bits per heavy atom. The van der Waals surface area contributed by atoms with Gasteiger partial charge in [0.1, 0.15) is 5.71 Å². The molecule has 0 N–H and O–H groups in total. The number of nitrogens with zero attached hydrogens (tertiary/aromatic N) is 2. The van der Waals surface area contributed by atoms with Gasteiger partial charge < -0.3 is 0 Å². The van der Waals surface area contributed by atoms with Crippen LogP contribution in [0.2, 0.25) is 0 Å². The molecule has 0 aromatic rings. The third-order valence-electron chi connectivity index (χ3n) is 1.09. The number of rotatable bonds is 0. The first-order valence-electron chi connectivity index (χ1n) is 2.67. The molecule has 0 saturated carbocycles. The van der Waals surface area contributed by atoms with Crippen molar-refractivity contribution in [1.82, 2.24) is 0 Å². The van der Waals surface area contributed by atoms with E-state index in [9.17, 15) is 13.2 Å². The summed E-state index contributed by atoms with van der Waals surface area (Å²) in [6.07, 6.45) is -4.47. The van der Waals surface area contributed by atoms with E-state index in [1.165, 1.54) is 6.92 Å². The molecule has 0 fully saturated rings. The third-order valence-corrected chi connectivity index (χ3v) is 1.09. The monoisotopic (exact) mass is 150 g/mol. The fourth-order valence-electron chi connectivity index (χ4n) is 0.616. The molecule has 2 nitrogen and oxygen atoms in total. The summed E-state index contributed by atoms with van der Waals surface area (Å²) in [6, 6.07) is 0. The van der Waals surface area contributed by atoms with Gasteiger partial charge in [-0.3, -0.25) is 0 Å². The van der Waals surface area contributed by atoms with Crippen molar-refractivity contribution in [2.45, 2.75) is 19.5 Å². The van der Waals surface area contributed by atoms with Gasteiger partial charge in [0.25, 0.3) is 0 Å². The maximum atomic E-state index is 11.7. The van der Waals surface area contributed by atoms with Gasteiger partial charge in [-0.05, 0) is 6.92 Å². The van der Waals surface area contributed by atoms with Crippen LogP contribution < -0.4 is 0 Å². The molecule has 0 saturated heterocycles. The van der Waals surface area contributed by atoms with Gasteiger partial charge in [-0.2, -0.15) is 23.4 Å². The van der Waals surface area contributed by atoms with Crippen LogP contribution in [0.15, 0.2) is 10.2 Å². The fraction of sp³-hybridized carbons (Fsp3) is 0.600. The molecule has 0 unspecified atom stereocenters. The van der Waals surface area contributed by atoms with Gasteiger partial charge in [-0.15, -0.1) is 0 Å². The molecule has 0 amide bonds. The Kier molecular flexibility index (Phi) is 1.50. The molecular formula is C5H5F3N2. The highest BCUT2D eigenvalue weighted by Gasteiger charge is 2.37. The summed E-state index contributed by atoms with van der Waals surface area (Å²) in [5.74, 6) is 0. The first-order chi connectivity index (χ1) is 4.50. The predicted molar refractivity (Wildman–Crippen MR) is 31.2 cm³/mol. The smallest absolute Gasteiger partial charge is 0.165 e. The molecule has 0 radical (unpaired) electrons. The van der Waals surface area contributed by atoms with Gasteiger partial charge >= 0.3 is 6.18 Å². The Morgan fingerprint density at radius 3 is 2.10 bits per heavy atom. The molecule has 1 aliphatic rings. The van der Waals surface area contributed by atoms with Crippen molar-refractivity contribution in [2.24, 2.45) is 10.2 Å². The van der Waals surface area contributed by atoms with E-state index in [1.807, 2.05) is 0 Å². The van der Waals surface area contributed by atoms with Crippen LogP contribution >= 0.6 is 0 Å². The van der Waals surface area contributed by atoms with Crippen LogP contribution in [0.4, 0.5) is 13.2 Å². The van der Waals surface area contributed by atoms with Crippen molar-refractivity contribution in [3.63, 3.8) is 0 Å². The molecule has 0 atom stereocenters. The van der Waals surface area contributed by atoms with E-state index in [4.69, 9.17) is 0 Å². The zero-order chi connectivity index (χ0) is 7.78. The van der Waals surface area contributed by atoms with Gasteiger partial charge in [0.15, 0.2) is 0 Å². The molecule has 0 aromatic heterocycles. The molecule has 1 aliphatic heterocycles. The van der Waals surface area contributed by atoms with Crippen LogP contribution in [-0.4, -0.2) is 17.6 Å². The summed E-state index contributed by atoms with van der Waals surface area (Å²) >= 11 is 0. The minimum absolute atomic E-state index is 0.163. The average molecular weight is 150 g/mol. The fourth-order valence-corrected chi connectivity index (χ4v) is 0.616. The quantitative estimate of drug-likeness (QED) is 0.502. The van der Waals surface area contributed by atoms with Crippen molar-refractivity contribution < 1.29 is 13.2 Å². The van der Waals surface area contributed by atoms with E-state index < -0.39 is 11.9 Å². The van der Waals surface area contributed by atoms with Crippen LogP contribution in [0.3, 0.4) is 0 Å². The lowest BCUT2D eigenvalue weighted by Gasteiger charge is -2.02. The Balaban J connectivity index is 2.66. The second-order valence-electron chi connectivity index (χ2n) is 2.06. The van der Waals surface area contributed by atoms with E-state index in [2.05, 4.69) is 10.2 Å². The van der Waals surface area contributed by atoms with Crippen LogP contribution in [0.25, 0.3) is 0 Å². The largest absolute Gasteiger partial charge is 0.431 e. The highest BCUT2D eigenvalue weighted by Crippen LogP contribution is 2.22. The van der Waals surface area contributed by atoms with Crippen molar-refractivity contribution >= 4 is 11.4 Å². The molecule has 0 aliphatic carbocycles. The summed E-state index contributed by atoms with van der Waals surface area (Å²) in [7, 11) is 0. The summed E-state index contributed by atoms with van der Waals surface area (Å²) < 4.78 is 35.2. The average Bonchev–Trinajstić information content (AvgIpc) is 2.11. The Labute approximate surface area is 55.5 Å². The molecule has 0 spiro atoms. The van der Waals surface area contributed by atoms with Gasteiger partial charge in [-0.25, -0.2) is 0 Å². The maximum Gasteiger partial charge on any atom is 0.431 e. The summed E-state index contributed by atoms with van der Waals surface area (Å²) in [4.78, 5) is 0. The number of hydrogen-bond donors (Lipinski definition) is 0. The minimum atomic E-state index is -4.30. The lowest BCUT2D eigenvalue weighted by Crippen LogP contribution is -2.22. The highest BCUT2D eigenvalue weighted by atomic mass is 19.4. The third kappa shape index (κ3) is 1.34. The van der Waals surface area contributed by atoms with Gasteiger partial charge in [-0.1, -0.05) is 0 Å². The topological polar surface area (TPSA) is 24.7 Å². The lowest BCUT2D eigenvalue weighted by atomic mass is 10.2. The molecule has 0 bridgehead atoms. The number of halogens is 3. The summed E-state index contributed by atoms with van der Waals surface area (Å²) in [5.41, 5.74) is -0.391. The van der Waals surface area contributed by atoms with Crippen LogP contribution in [-0.2, 0) is 0 Å². The normalized spacial score (nSPS) is 18.8. The number of hydrogen-bond acceptors (Lipinski definition) is 2. The van der Waals surface area contributed by atoms with Crippen molar-refractivity contribution in [1.29, 1.82) is 0 Å². The molecule has 56 valence electrons. The predicted octanol–water partition coefficient (Wildman–Crippen LogP) is 1.77. The Bertz CT molecular complexity index is 201. The second-order valence-corrected chi connectivity index (χ2v) is 2.06. The zero-order valence-electron chi connectivity index (χ0n) is 5.24. The SMILES string of the molecule is CC1=NN=C(C(F)(F)F)C1. The molecule has 10 heavy (non-hydrogen) atoms. The molecule has 5 heteroatoms. The van der Waals surface area contributed by atoms with Crippen LogP contribution in [0, 0.1) is 0 Å². The second kappa shape index (κ2) is 2.07.